The van der Waals surface area contributed by atoms with Crippen LogP contribution in [0.5, 0.6) is 5.75 Å². The van der Waals surface area contributed by atoms with Crippen LogP contribution < -0.4 is 20.3 Å². The van der Waals surface area contributed by atoms with Gasteiger partial charge in [-0.3, -0.25) is 9.78 Å². The Hall–Kier alpha value is -3.92. The number of benzene rings is 2. The van der Waals surface area contributed by atoms with Crippen LogP contribution in [0.2, 0.25) is 5.02 Å². The molecule has 5 rings (SSSR count). The van der Waals surface area contributed by atoms with Gasteiger partial charge in [0.05, 0.1) is 24.5 Å². The third-order valence-corrected chi connectivity index (χ3v) is 7.35. The number of aromatic nitrogens is 2. The molecule has 0 saturated carbocycles. The second-order valence-electron chi connectivity index (χ2n) is 9.10. The maximum absolute atomic E-state index is 12.4. The molecule has 2 N–H and O–H groups in total. The van der Waals surface area contributed by atoms with Crippen LogP contribution in [0.15, 0.2) is 79.1 Å². The summed E-state index contributed by atoms with van der Waals surface area (Å²) in [4.78, 5) is 19.1. The highest BCUT2D eigenvalue weighted by Crippen LogP contribution is 2.44. The van der Waals surface area contributed by atoms with E-state index in [2.05, 4.69) is 37.2 Å². The minimum Gasteiger partial charge on any atom is -0.495 e. The van der Waals surface area contributed by atoms with Crippen LogP contribution in [0.1, 0.15) is 29.0 Å². The molecule has 0 aliphatic carbocycles. The second kappa shape index (κ2) is 11.4. The molecule has 1 amide bonds. The number of aryl methyl sites for hydroxylation is 1. The van der Waals surface area contributed by atoms with Gasteiger partial charge in [-0.1, -0.05) is 17.7 Å². The highest BCUT2D eigenvalue weighted by Gasteiger charge is 2.42. The maximum Gasteiger partial charge on any atom is 0.250 e. The number of carbonyl (C=O) groups excluding carboxylic acids is 1. The molecule has 200 valence electrons. The lowest BCUT2D eigenvalue weighted by atomic mass is 10.0. The lowest BCUT2D eigenvalue weighted by molar-refractivity contribution is -0.119. The summed E-state index contributed by atoms with van der Waals surface area (Å²) in [6.45, 7) is 1.91. The molecule has 2 aromatic carbocycles. The molecule has 1 aliphatic heterocycles. The summed E-state index contributed by atoms with van der Waals surface area (Å²) in [6.07, 6.45) is 3.80. The molecule has 0 unspecified atom stereocenters. The van der Waals surface area contributed by atoms with E-state index in [1.54, 1.807) is 13.3 Å². The molecule has 3 heterocycles. The molecule has 2 atom stereocenters. The van der Waals surface area contributed by atoms with Crippen LogP contribution in [0.3, 0.4) is 0 Å². The fourth-order valence-electron chi connectivity index (χ4n) is 4.84. The van der Waals surface area contributed by atoms with Crippen LogP contribution in [0, 0.1) is 6.92 Å². The number of nitrogens with zero attached hydrogens (tertiary/aromatic N) is 3. The summed E-state index contributed by atoms with van der Waals surface area (Å²) in [6, 6.07) is 21.0. The van der Waals surface area contributed by atoms with Crippen molar-refractivity contribution in [3.05, 3.63) is 101 Å². The van der Waals surface area contributed by atoms with Gasteiger partial charge in [0.1, 0.15) is 18.4 Å². The van der Waals surface area contributed by atoms with E-state index < -0.39 is 0 Å². The van der Waals surface area contributed by atoms with Gasteiger partial charge in [-0.2, -0.15) is 0 Å². The molecule has 10 heteroatoms. The fourth-order valence-corrected chi connectivity index (χ4v) is 5.31. The topological polar surface area (TPSA) is 80.7 Å². The molecule has 8 nitrogen and oxygen atoms in total. The summed E-state index contributed by atoms with van der Waals surface area (Å²) < 4.78 is 12.6. The van der Waals surface area contributed by atoms with E-state index in [1.165, 1.54) is 7.11 Å². The number of anilines is 2. The quantitative estimate of drug-likeness (QED) is 0.271. The lowest BCUT2D eigenvalue weighted by Crippen LogP contribution is -2.30. The maximum atomic E-state index is 12.4. The molecule has 1 saturated heterocycles. The van der Waals surface area contributed by atoms with Crippen LogP contribution in [-0.4, -0.2) is 41.4 Å². The Morgan fingerprint density at radius 1 is 1.10 bits per heavy atom. The molecule has 0 bridgehead atoms. The van der Waals surface area contributed by atoms with Crippen molar-refractivity contribution in [2.24, 2.45) is 0 Å². The van der Waals surface area contributed by atoms with E-state index >= 15 is 0 Å². The highest BCUT2D eigenvalue weighted by molar-refractivity contribution is 7.80. The van der Waals surface area contributed by atoms with E-state index in [-0.39, 0.29) is 24.6 Å². The smallest absolute Gasteiger partial charge is 0.250 e. The van der Waals surface area contributed by atoms with Gasteiger partial charge in [0.2, 0.25) is 5.91 Å². The van der Waals surface area contributed by atoms with Crippen molar-refractivity contribution in [2.75, 3.05) is 31.0 Å². The molecule has 1 aliphatic rings. The average Bonchev–Trinajstić information content (AvgIpc) is 3.55. The molecule has 0 spiro atoms. The number of rotatable bonds is 8. The van der Waals surface area contributed by atoms with Crippen molar-refractivity contribution in [3.8, 4) is 11.4 Å². The van der Waals surface area contributed by atoms with Gasteiger partial charge in [0.15, 0.2) is 5.11 Å². The average molecular weight is 562 g/mol. The molecule has 0 radical (unpaired) electrons. The predicted octanol–water partition coefficient (Wildman–Crippen LogP) is 5.60. The van der Waals surface area contributed by atoms with Crippen LogP contribution >= 0.6 is 23.8 Å². The first kappa shape index (κ1) is 26.7. The molecular weight excluding hydrogens is 534 g/mol. The fraction of sp³-hybridized carbons (Fsp3) is 0.207. The number of carbonyl (C=O) groups is 1. The van der Waals surface area contributed by atoms with Crippen LogP contribution in [0.25, 0.3) is 5.69 Å². The Kier molecular flexibility index (Phi) is 7.83. The summed E-state index contributed by atoms with van der Waals surface area (Å²) in [5.41, 5.74) is 5.12. The minimum atomic E-state index is -0.287. The van der Waals surface area contributed by atoms with Gasteiger partial charge < -0.3 is 29.6 Å². The Bertz CT molecular complexity index is 1510. The first-order valence-corrected chi connectivity index (χ1v) is 13.1. The molecular formula is C29H28ClN5O3S. The normalized spacial score (nSPS) is 16.7. The molecule has 4 aromatic rings. The highest BCUT2D eigenvalue weighted by atomic mass is 35.5. The Balaban J connectivity index is 1.63. The number of methoxy groups -OCH3 is 2. The van der Waals surface area contributed by atoms with E-state index in [9.17, 15) is 4.79 Å². The monoisotopic (exact) mass is 561 g/mol. The molecule has 39 heavy (non-hydrogen) atoms. The van der Waals surface area contributed by atoms with Crippen LogP contribution in [-0.2, 0) is 9.53 Å². The van der Waals surface area contributed by atoms with E-state index in [0.717, 1.165) is 28.3 Å². The standard InChI is InChI=1S/C29H28ClN5O3S/c1-18-15-19(9-11-21(18)30)34-14-6-8-24(34)28-27(22-7-4-5-13-31-22)33-29(39)35(28)20-10-12-25(38-3)23(16-20)32-26(36)17-37-2/h4-16,27-28H,17H2,1-3H3,(H,32,36)(H,33,39)/t27-,28-/m0/s1. The summed E-state index contributed by atoms with van der Waals surface area (Å²) >= 11 is 12.2. The van der Waals surface area contributed by atoms with Crippen molar-refractivity contribution in [1.29, 1.82) is 0 Å². The number of amides is 1. The zero-order chi connectivity index (χ0) is 27.5. The van der Waals surface area contributed by atoms with E-state index in [4.69, 9.17) is 33.3 Å². The molecule has 1 fully saturated rings. The van der Waals surface area contributed by atoms with Crippen LogP contribution in [0.4, 0.5) is 11.4 Å². The lowest BCUT2D eigenvalue weighted by Gasteiger charge is -2.29. The Morgan fingerprint density at radius 2 is 1.92 bits per heavy atom. The Labute approximate surface area is 237 Å². The predicted molar refractivity (Wildman–Crippen MR) is 157 cm³/mol. The van der Waals surface area contributed by atoms with Crippen molar-refractivity contribution in [1.82, 2.24) is 14.9 Å². The largest absolute Gasteiger partial charge is 0.495 e. The van der Waals surface area contributed by atoms with Gasteiger partial charge in [-0.25, -0.2) is 0 Å². The van der Waals surface area contributed by atoms with E-state index in [1.807, 2.05) is 67.7 Å². The summed E-state index contributed by atoms with van der Waals surface area (Å²) in [5, 5.41) is 7.61. The van der Waals surface area contributed by atoms with Gasteiger partial charge in [-0.05, 0) is 85.4 Å². The summed E-state index contributed by atoms with van der Waals surface area (Å²) in [7, 11) is 3.03. The van der Waals surface area contributed by atoms with Gasteiger partial charge in [-0.15, -0.1) is 0 Å². The van der Waals surface area contributed by atoms with Crippen molar-refractivity contribution in [3.63, 3.8) is 0 Å². The van der Waals surface area contributed by atoms with Gasteiger partial charge >= 0.3 is 0 Å². The summed E-state index contributed by atoms with van der Waals surface area (Å²) in [5.74, 6) is 0.240. The number of hydrogen-bond acceptors (Lipinski definition) is 5. The number of ether oxygens (including phenoxy) is 2. The van der Waals surface area contributed by atoms with Crippen molar-refractivity contribution in [2.45, 2.75) is 19.0 Å². The zero-order valence-corrected chi connectivity index (χ0v) is 23.3. The zero-order valence-electron chi connectivity index (χ0n) is 21.7. The third-order valence-electron chi connectivity index (χ3n) is 6.61. The number of halogens is 1. The van der Waals surface area contributed by atoms with Gasteiger partial charge in [0, 0.05) is 41.6 Å². The van der Waals surface area contributed by atoms with E-state index in [0.29, 0.717) is 21.6 Å². The SMILES string of the molecule is COCC(=O)Nc1cc(N2C(=S)N[C@@H](c3ccccn3)[C@@H]2c2cccn2-c2ccc(Cl)c(C)c2)ccc1OC. The van der Waals surface area contributed by atoms with Crippen molar-refractivity contribution >= 4 is 46.2 Å². The number of nitrogens with one attached hydrogen (secondary N) is 2. The van der Waals surface area contributed by atoms with Crippen molar-refractivity contribution < 1.29 is 14.3 Å². The number of hydrogen-bond donors (Lipinski definition) is 2. The second-order valence-corrected chi connectivity index (χ2v) is 9.89. The first-order valence-electron chi connectivity index (χ1n) is 12.3. The molecule has 2 aromatic heterocycles. The number of pyridine rings is 1. The number of thiocarbonyl (C=S) groups is 1. The van der Waals surface area contributed by atoms with Gasteiger partial charge in [0.25, 0.3) is 0 Å². The minimum absolute atomic E-state index is 0.0739. The Morgan fingerprint density at radius 3 is 2.64 bits per heavy atom. The third kappa shape index (κ3) is 5.34. The first-order chi connectivity index (χ1) is 18.9.